The van der Waals surface area contributed by atoms with E-state index in [9.17, 15) is 9.59 Å². The van der Waals surface area contributed by atoms with E-state index in [0.717, 1.165) is 32.4 Å². The fourth-order valence-electron chi connectivity index (χ4n) is 3.71. The molecule has 1 unspecified atom stereocenters. The average molecular weight is 331 g/mol. The molecule has 2 fully saturated rings. The van der Waals surface area contributed by atoms with Crippen LogP contribution in [0.4, 0.5) is 0 Å². The number of carbonyl (C=O) groups is 2. The lowest BCUT2D eigenvalue weighted by molar-refractivity contribution is -0.154. The van der Waals surface area contributed by atoms with Gasteiger partial charge < -0.3 is 14.7 Å². The molecule has 5 nitrogen and oxygen atoms in total. The molecule has 2 aliphatic heterocycles. The summed E-state index contributed by atoms with van der Waals surface area (Å²) >= 11 is 0. The monoisotopic (exact) mass is 331 g/mol. The van der Waals surface area contributed by atoms with E-state index in [4.69, 9.17) is 9.84 Å². The third kappa shape index (κ3) is 3.78. The molecule has 0 aromatic heterocycles. The molecule has 3 atom stereocenters. The number of benzene rings is 1. The molecule has 0 spiro atoms. The first-order valence-corrected chi connectivity index (χ1v) is 8.68. The first-order valence-electron chi connectivity index (χ1n) is 8.68. The summed E-state index contributed by atoms with van der Waals surface area (Å²) in [5, 5.41) is 8.99. The second kappa shape index (κ2) is 6.93. The maximum atomic E-state index is 12.6. The number of carboxylic acids is 1. The van der Waals surface area contributed by atoms with E-state index < -0.39 is 18.2 Å². The van der Waals surface area contributed by atoms with E-state index in [1.807, 2.05) is 11.0 Å². The van der Waals surface area contributed by atoms with Gasteiger partial charge >= 0.3 is 5.97 Å². The highest BCUT2D eigenvalue weighted by Crippen LogP contribution is 2.36. The Hall–Kier alpha value is -1.88. The normalized spacial score (nSPS) is 29.8. The van der Waals surface area contributed by atoms with Gasteiger partial charge in [-0.3, -0.25) is 4.79 Å². The summed E-state index contributed by atoms with van der Waals surface area (Å²) in [6.07, 6.45) is 2.57. The Kier molecular flexibility index (Phi) is 4.90. The number of hydrogen-bond acceptors (Lipinski definition) is 3. The number of aliphatic carboxylic acids is 1. The quantitative estimate of drug-likeness (QED) is 0.900. The van der Waals surface area contributed by atoms with Gasteiger partial charge in [0.1, 0.15) is 6.10 Å². The lowest BCUT2D eigenvalue weighted by atomic mass is 9.83. The van der Waals surface area contributed by atoms with Gasteiger partial charge in [0, 0.05) is 13.1 Å². The van der Waals surface area contributed by atoms with Crippen LogP contribution in [0.25, 0.3) is 0 Å². The molecule has 3 rings (SSSR count). The fourth-order valence-corrected chi connectivity index (χ4v) is 3.71. The maximum Gasteiger partial charge on any atom is 0.332 e. The maximum absolute atomic E-state index is 12.6. The molecule has 2 aliphatic rings. The standard InChI is InChI=1S/C19H25NO4/c1-19(10-9-14-5-3-2-4-6-14)11-12-20(13-19)17(21)15-7-8-16(24-15)18(22)23/h2-6,15-16H,7-13H2,1H3,(H,22,23)/t15-,16+,19?/m0/s1. The molecule has 1 N–H and O–H groups in total. The molecule has 1 aromatic rings. The minimum absolute atomic E-state index is 0.0396. The van der Waals surface area contributed by atoms with Gasteiger partial charge in [-0.2, -0.15) is 0 Å². The van der Waals surface area contributed by atoms with Crippen molar-refractivity contribution in [1.82, 2.24) is 4.90 Å². The lowest BCUT2D eigenvalue weighted by Crippen LogP contribution is -2.39. The third-order valence-electron chi connectivity index (χ3n) is 5.30. The number of rotatable bonds is 5. The van der Waals surface area contributed by atoms with Crippen molar-refractivity contribution in [2.75, 3.05) is 13.1 Å². The Morgan fingerprint density at radius 3 is 2.62 bits per heavy atom. The predicted octanol–water partition coefficient (Wildman–Crippen LogP) is 2.49. The Morgan fingerprint density at radius 2 is 1.96 bits per heavy atom. The van der Waals surface area contributed by atoms with Crippen molar-refractivity contribution in [3.63, 3.8) is 0 Å². The van der Waals surface area contributed by atoms with Gasteiger partial charge in [-0.25, -0.2) is 4.79 Å². The van der Waals surface area contributed by atoms with Crippen LogP contribution in [0, 0.1) is 5.41 Å². The summed E-state index contributed by atoms with van der Waals surface area (Å²) in [4.78, 5) is 25.4. The summed E-state index contributed by atoms with van der Waals surface area (Å²) in [7, 11) is 0. The first kappa shape index (κ1) is 17.0. The summed E-state index contributed by atoms with van der Waals surface area (Å²) in [6.45, 7) is 3.71. The van der Waals surface area contributed by atoms with E-state index in [0.29, 0.717) is 12.8 Å². The van der Waals surface area contributed by atoms with Crippen LogP contribution in [0.15, 0.2) is 30.3 Å². The molecule has 0 bridgehead atoms. The number of aryl methyl sites for hydroxylation is 1. The van der Waals surface area contributed by atoms with Crippen molar-refractivity contribution in [3.8, 4) is 0 Å². The highest BCUT2D eigenvalue weighted by atomic mass is 16.5. The Morgan fingerprint density at radius 1 is 1.25 bits per heavy atom. The highest BCUT2D eigenvalue weighted by molar-refractivity contribution is 5.83. The fraction of sp³-hybridized carbons (Fsp3) is 0.579. The van der Waals surface area contributed by atoms with Gasteiger partial charge in [0.25, 0.3) is 5.91 Å². The average Bonchev–Trinajstić information content (AvgIpc) is 3.21. The van der Waals surface area contributed by atoms with Crippen molar-refractivity contribution in [1.29, 1.82) is 0 Å². The Bertz CT molecular complexity index is 603. The molecular weight excluding hydrogens is 306 g/mol. The van der Waals surface area contributed by atoms with Gasteiger partial charge in [0.15, 0.2) is 6.10 Å². The first-order chi connectivity index (χ1) is 11.5. The zero-order chi connectivity index (χ0) is 17.2. The molecule has 1 amide bonds. The van der Waals surface area contributed by atoms with Crippen LogP contribution in [-0.2, 0) is 20.7 Å². The lowest BCUT2D eigenvalue weighted by Gasteiger charge is -2.26. The topological polar surface area (TPSA) is 66.8 Å². The minimum Gasteiger partial charge on any atom is -0.479 e. The van der Waals surface area contributed by atoms with E-state index in [2.05, 4.69) is 31.2 Å². The number of hydrogen-bond donors (Lipinski definition) is 1. The smallest absolute Gasteiger partial charge is 0.332 e. The number of ether oxygens (including phenoxy) is 1. The SMILES string of the molecule is CC1(CCc2ccccc2)CCN(C(=O)[C@@H]2CC[C@H](C(=O)O)O2)C1. The number of amides is 1. The summed E-state index contributed by atoms with van der Waals surface area (Å²) in [5.41, 5.74) is 1.45. The predicted molar refractivity (Wildman–Crippen MR) is 89.6 cm³/mol. The number of carbonyl (C=O) groups excluding carboxylic acids is 1. The Balaban J connectivity index is 1.52. The summed E-state index contributed by atoms with van der Waals surface area (Å²) in [6, 6.07) is 10.4. The molecule has 0 radical (unpaired) electrons. The van der Waals surface area contributed by atoms with Crippen LogP contribution >= 0.6 is 0 Å². The summed E-state index contributed by atoms with van der Waals surface area (Å²) < 4.78 is 5.40. The Labute approximate surface area is 142 Å². The van der Waals surface area contributed by atoms with E-state index in [-0.39, 0.29) is 11.3 Å². The molecule has 5 heteroatoms. The minimum atomic E-state index is -0.973. The van der Waals surface area contributed by atoms with Crippen molar-refractivity contribution >= 4 is 11.9 Å². The molecule has 24 heavy (non-hydrogen) atoms. The molecule has 1 aromatic carbocycles. The van der Waals surface area contributed by atoms with Crippen molar-refractivity contribution in [2.24, 2.45) is 5.41 Å². The highest BCUT2D eigenvalue weighted by Gasteiger charge is 2.41. The van der Waals surface area contributed by atoms with Crippen molar-refractivity contribution in [3.05, 3.63) is 35.9 Å². The van der Waals surface area contributed by atoms with Crippen LogP contribution in [0.2, 0.25) is 0 Å². The number of nitrogens with zero attached hydrogens (tertiary/aromatic N) is 1. The molecule has 0 aliphatic carbocycles. The molecular formula is C19H25NO4. The molecule has 2 heterocycles. The van der Waals surface area contributed by atoms with E-state index in [1.165, 1.54) is 5.56 Å². The van der Waals surface area contributed by atoms with Crippen LogP contribution in [0.5, 0.6) is 0 Å². The van der Waals surface area contributed by atoms with Gasteiger partial charge in [-0.05, 0) is 43.1 Å². The van der Waals surface area contributed by atoms with Gasteiger partial charge in [-0.1, -0.05) is 37.3 Å². The second-order valence-corrected chi connectivity index (χ2v) is 7.34. The van der Waals surface area contributed by atoms with Crippen molar-refractivity contribution < 1.29 is 19.4 Å². The molecule has 2 saturated heterocycles. The van der Waals surface area contributed by atoms with Crippen LogP contribution in [0.1, 0.15) is 38.2 Å². The van der Waals surface area contributed by atoms with Crippen LogP contribution in [0.3, 0.4) is 0 Å². The van der Waals surface area contributed by atoms with Crippen LogP contribution < -0.4 is 0 Å². The third-order valence-corrected chi connectivity index (χ3v) is 5.30. The van der Waals surface area contributed by atoms with Gasteiger partial charge in [0.05, 0.1) is 0 Å². The van der Waals surface area contributed by atoms with E-state index in [1.54, 1.807) is 0 Å². The van der Waals surface area contributed by atoms with Crippen molar-refractivity contribution in [2.45, 2.75) is 51.2 Å². The van der Waals surface area contributed by atoms with Gasteiger partial charge in [0.2, 0.25) is 0 Å². The largest absolute Gasteiger partial charge is 0.479 e. The number of likely N-dealkylation sites (tertiary alicyclic amines) is 1. The van der Waals surface area contributed by atoms with Gasteiger partial charge in [-0.15, -0.1) is 0 Å². The second-order valence-electron chi connectivity index (χ2n) is 7.34. The molecule has 0 saturated carbocycles. The summed E-state index contributed by atoms with van der Waals surface area (Å²) in [5.74, 6) is -1.01. The zero-order valence-electron chi connectivity index (χ0n) is 14.1. The van der Waals surface area contributed by atoms with E-state index >= 15 is 0 Å². The van der Waals surface area contributed by atoms with Crippen LogP contribution in [-0.4, -0.2) is 47.2 Å². The molecule has 130 valence electrons. The number of carboxylic acid groups (broad SMARTS) is 1. The zero-order valence-corrected chi connectivity index (χ0v) is 14.1.